The van der Waals surface area contributed by atoms with Gasteiger partial charge in [0.1, 0.15) is 0 Å². The van der Waals surface area contributed by atoms with Crippen molar-refractivity contribution in [1.82, 2.24) is 10.2 Å². The van der Waals surface area contributed by atoms with E-state index in [4.69, 9.17) is 0 Å². The van der Waals surface area contributed by atoms with Crippen LogP contribution in [-0.4, -0.2) is 36.5 Å². The van der Waals surface area contributed by atoms with Crippen LogP contribution < -0.4 is 10.6 Å². The fourth-order valence-corrected chi connectivity index (χ4v) is 4.05. The van der Waals surface area contributed by atoms with Gasteiger partial charge >= 0.3 is 0 Å². The van der Waals surface area contributed by atoms with E-state index in [9.17, 15) is 4.79 Å². The number of fused-ring (bicyclic) bond motifs is 2. The summed E-state index contributed by atoms with van der Waals surface area (Å²) in [6, 6.07) is 7.41. The summed E-state index contributed by atoms with van der Waals surface area (Å²) in [5.74, 6) is 0.202. The quantitative estimate of drug-likeness (QED) is 0.880. The van der Waals surface area contributed by atoms with Crippen LogP contribution in [0.3, 0.4) is 0 Å². The van der Waals surface area contributed by atoms with Crippen molar-refractivity contribution in [1.29, 1.82) is 0 Å². The average molecular weight is 299 g/mol. The minimum atomic E-state index is 0.202. The van der Waals surface area contributed by atoms with Crippen molar-refractivity contribution in [3.05, 3.63) is 29.3 Å². The van der Waals surface area contributed by atoms with Crippen molar-refractivity contribution in [2.24, 2.45) is 0 Å². The Kier molecular flexibility index (Phi) is 3.37. The van der Waals surface area contributed by atoms with Crippen molar-refractivity contribution >= 4 is 11.6 Å². The maximum absolute atomic E-state index is 11.4. The first-order valence-electron chi connectivity index (χ1n) is 8.52. The summed E-state index contributed by atoms with van der Waals surface area (Å²) in [6.45, 7) is 5.56. The van der Waals surface area contributed by atoms with Gasteiger partial charge in [-0.15, -0.1) is 0 Å². The van der Waals surface area contributed by atoms with E-state index < -0.39 is 0 Å². The number of nitrogens with zero attached hydrogens (tertiary/aromatic N) is 1. The van der Waals surface area contributed by atoms with Crippen molar-refractivity contribution in [2.45, 2.75) is 50.6 Å². The van der Waals surface area contributed by atoms with Gasteiger partial charge in [0.25, 0.3) is 0 Å². The Labute approximate surface area is 132 Å². The van der Waals surface area contributed by atoms with E-state index in [2.05, 4.69) is 28.8 Å². The molecule has 2 heterocycles. The molecule has 4 nitrogen and oxygen atoms in total. The second-order valence-corrected chi connectivity index (χ2v) is 7.18. The van der Waals surface area contributed by atoms with Gasteiger partial charge in [-0.05, 0) is 48.9 Å². The average Bonchev–Trinajstić information content (AvgIpc) is 3.28. The van der Waals surface area contributed by atoms with Crippen LogP contribution in [0.15, 0.2) is 18.2 Å². The molecule has 3 aliphatic rings. The predicted octanol–water partition coefficient (Wildman–Crippen LogP) is 2.24. The highest BCUT2D eigenvalue weighted by Crippen LogP contribution is 2.50. The summed E-state index contributed by atoms with van der Waals surface area (Å²) in [4.78, 5) is 13.3. The Bertz CT molecular complexity index is 586. The van der Waals surface area contributed by atoms with Gasteiger partial charge in [0.05, 0.1) is 0 Å². The van der Waals surface area contributed by atoms with E-state index in [0.29, 0.717) is 11.5 Å². The minimum absolute atomic E-state index is 0.202. The first-order valence-corrected chi connectivity index (χ1v) is 8.52. The number of hydrogen-bond acceptors (Lipinski definition) is 3. The lowest BCUT2D eigenvalue weighted by Crippen LogP contribution is -2.41. The second-order valence-electron chi connectivity index (χ2n) is 7.18. The lowest BCUT2D eigenvalue weighted by atomic mass is 9.87. The molecule has 118 valence electrons. The SMILES string of the molecule is CC(=O)N1CCC(Nc2ccc3c(c2)CNCC32CC2)CC1. The maximum atomic E-state index is 11.4. The van der Waals surface area contributed by atoms with E-state index in [-0.39, 0.29) is 5.91 Å². The smallest absolute Gasteiger partial charge is 0.219 e. The van der Waals surface area contributed by atoms with E-state index in [0.717, 1.165) is 39.0 Å². The molecule has 0 radical (unpaired) electrons. The molecule has 4 heteroatoms. The van der Waals surface area contributed by atoms with Crippen molar-refractivity contribution in [3.8, 4) is 0 Å². The van der Waals surface area contributed by atoms with Gasteiger partial charge in [-0.1, -0.05) is 6.07 Å². The Hall–Kier alpha value is -1.55. The molecule has 0 aromatic heterocycles. The van der Waals surface area contributed by atoms with E-state index in [1.165, 1.54) is 24.1 Å². The largest absolute Gasteiger partial charge is 0.382 e. The third-order valence-corrected chi connectivity index (χ3v) is 5.62. The third-order valence-electron chi connectivity index (χ3n) is 5.62. The molecule has 0 bridgehead atoms. The molecule has 1 aromatic rings. The summed E-state index contributed by atoms with van der Waals surface area (Å²) in [7, 11) is 0. The molecule has 1 saturated heterocycles. The topological polar surface area (TPSA) is 44.4 Å². The number of nitrogens with one attached hydrogen (secondary N) is 2. The number of hydrogen-bond donors (Lipinski definition) is 2. The highest BCUT2D eigenvalue weighted by Gasteiger charge is 2.46. The first kappa shape index (κ1) is 14.1. The molecule has 1 spiro atoms. The Morgan fingerprint density at radius 3 is 2.77 bits per heavy atom. The van der Waals surface area contributed by atoms with E-state index >= 15 is 0 Å². The first-order chi connectivity index (χ1) is 10.7. The Morgan fingerprint density at radius 1 is 1.32 bits per heavy atom. The summed E-state index contributed by atoms with van der Waals surface area (Å²) in [5.41, 5.74) is 4.73. The molecule has 0 unspecified atom stereocenters. The second kappa shape index (κ2) is 5.27. The van der Waals surface area contributed by atoms with Crippen LogP contribution >= 0.6 is 0 Å². The normalized spacial score (nSPS) is 23.2. The maximum Gasteiger partial charge on any atom is 0.219 e. The zero-order chi connectivity index (χ0) is 15.2. The zero-order valence-electron chi connectivity index (χ0n) is 13.3. The fourth-order valence-electron chi connectivity index (χ4n) is 4.05. The van der Waals surface area contributed by atoms with Crippen molar-refractivity contribution in [2.75, 3.05) is 25.0 Å². The predicted molar refractivity (Wildman–Crippen MR) is 88.0 cm³/mol. The molecule has 1 amide bonds. The summed E-state index contributed by atoms with van der Waals surface area (Å²) in [5, 5.41) is 7.24. The van der Waals surface area contributed by atoms with Gasteiger partial charge in [0, 0.05) is 50.2 Å². The van der Waals surface area contributed by atoms with E-state index in [1.807, 2.05) is 4.90 Å². The number of carbonyl (C=O) groups is 1. The molecule has 4 rings (SSSR count). The van der Waals surface area contributed by atoms with Gasteiger partial charge in [0.15, 0.2) is 0 Å². The molecule has 1 aliphatic carbocycles. The summed E-state index contributed by atoms with van der Waals surface area (Å²) in [6.07, 6.45) is 4.75. The van der Waals surface area contributed by atoms with Crippen LogP contribution in [0.2, 0.25) is 0 Å². The molecule has 1 saturated carbocycles. The number of rotatable bonds is 2. The van der Waals surface area contributed by atoms with Crippen molar-refractivity contribution < 1.29 is 4.79 Å². The summed E-state index contributed by atoms with van der Waals surface area (Å²) < 4.78 is 0. The van der Waals surface area contributed by atoms with Gasteiger partial charge < -0.3 is 15.5 Å². The van der Waals surface area contributed by atoms with Gasteiger partial charge in [-0.2, -0.15) is 0 Å². The van der Waals surface area contributed by atoms with Crippen LogP contribution in [0.4, 0.5) is 5.69 Å². The van der Waals surface area contributed by atoms with Gasteiger partial charge in [0.2, 0.25) is 5.91 Å². The Balaban J connectivity index is 1.43. The third kappa shape index (κ3) is 2.50. The lowest BCUT2D eigenvalue weighted by molar-refractivity contribution is -0.129. The van der Waals surface area contributed by atoms with E-state index in [1.54, 1.807) is 12.5 Å². The molecule has 22 heavy (non-hydrogen) atoms. The van der Waals surface area contributed by atoms with Crippen LogP contribution in [0.1, 0.15) is 43.7 Å². The number of carbonyl (C=O) groups excluding carboxylic acids is 1. The highest BCUT2D eigenvalue weighted by atomic mass is 16.2. The van der Waals surface area contributed by atoms with Crippen LogP contribution in [0.5, 0.6) is 0 Å². The monoisotopic (exact) mass is 299 g/mol. The fraction of sp³-hybridized carbons (Fsp3) is 0.611. The standard InChI is InChI=1S/C18H25N3O/c1-13(22)21-8-4-15(5-9-21)20-16-2-3-17-14(10-16)11-19-12-18(17)6-7-18/h2-3,10,15,19-20H,4-9,11-12H2,1H3. The summed E-state index contributed by atoms with van der Waals surface area (Å²) >= 11 is 0. The number of piperidine rings is 1. The van der Waals surface area contributed by atoms with Crippen LogP contribution in [0.25, 0.3) is 0 Å². The van der Waals surface area contributed by atoms with Crippen molar-refractivity contribution in [3.63, 3.8) is 0 Å². The molecule has 1 aromatic carbocycles. The number of likely N-dealkylation sites (tertiary alicyclic amines) is 1. The zero-order valence-corrected chi connectivity index (χ0v) is 13.3. The minimum Gasteiger partial charge on any atom is -0.382 e. The lowest BCUT2D eigenvalue weighted by Gasteiger charge is -2.33. The van der Waals surface area contributed by atoms with Crippen LogP contribution in [-0.2, 0) is 16.8 Å². The van der Waals surface area contributed by atoms with Gasteiger partial charge in [-0.3, -0.25) is 4.79 Å². The molecule has 0 atom stereocenters. The number of amides is 1. The number of benzene rings is 1. The molecule has 2 N–H and O–H groups in total. The molecule has 2 aliphatic heterocycles. The van der Waals surface area contributed by atoms with Gasteiger partial charge in [-0.25, -0.2) is 0 Å². The number of anilines is 1. The molecular formula is C18H25N3O. The molecular weight excluding hydrogens is 274 g/mol. The molecule has 2 fully saturated rings. The highest BCUT2D eigenvalue weighted by molar-refractivity contribution is 5.73. The van der Waals surface area contributed by atoms with Crippen LogP contribution in [0, 0.1) is 0 Å². The Morgan fingerprint density at radius 2 is 2.09 bits per heavy atom.